The largest absolute Gasteiger partial charge is 0.477 e. The first-order valence-electron chi connectivity index (χ1n) is 8.89. The maximum atomic E-state index is 12.7. The van der Waals surface area contributed by atoms with Gasteiger partial charge >= 0.3 is 5.82 Å². The Balaban J connectivity index is 1.81. The Bertz CT molecular complexity index is 1010. The molecule has 0 amide bonds. The van der Waals surface area contributed by atoms with Gasteiger partial charge in [0.25, 0.3) is 0 Å². The van der Waals surface area contributed by atoms with Crippen LogP contribution in [0.4, 0.5) is 5.82 Å². The Morgan fingerprint density at radius 2 is 1.93 bits per heavy atom. The number of aromatic nitrogens is 2. The van der Waals surface area contributed by atoms with Crippen LogP contribution in [-0.2, 0) is 0 Å². The first kappa shape index (κ1) is 19.3. The molecule has 2 heterocycles. The molecule has 0 bridgehead atoms. The Morgan fingerprint density at radius 3 is 2.61 bits per heavy atom. The van der Waals surface area contributed by atoms with E-state index in [0.717, 1.165) is 17.0 Å². The Kier molecular flexibility index (Phi) is 5.54. The molecule has 0 aliphatic heterocycles. The summed E-state index contributed by atoms with van der Waals surface area (Å²) in [4.78, 5) is 26.8. The highest BCUT2D eigenvalue weighted by Gasteiger charge is 2.22. The summed E-state index contributed by atoms with van der Waals surface area (Å²) in [6.45, 7) is 5.64. The van der Waals surface area contributed by atoms with Gasteiger partial charge in [0.05, 0.1) is 6.04 Å². The first-order chi connectivity index (χ1) is 13.4. The van der Waals surface area contributed by atoms with Gasteiger partial charge in [-0.3, -0.25) is 4.79 Å². The fourth-order valence-corrected chi connectivity index (χ4v) is 3.39. The summed E-state index contributed by atoms with van der Waals surface area (Å²) in [6, 6.07) is 14.9. The van der Waals surface area contributed by atoms with Crippen molar-refractivity contribution in [1.29, 1.82) is 0 Å². The smallest absolute Gasteiger partial charge is 0.406 e. The molecule has 1 aromatic carbocycles. The number of rotatable bonds is 7. The molecule has 0 saturated heterocycles. The van der Waals surface area contributed by atoms with Gasteiger partial charge in [0.1, 0.15) is 6.20 Å². The molecule has 0 saturated carbocycles. The molecule has 0 spiro atoms. The molecule has 144 valence electrons. The normalized spacial score (nSPS) is 11.8. The number of benzene rings is 1. The molecular formula is C21H21N3O4. The SMILES string of the molecule is Cc1cc(C(=O)COc2cccnc2[N+](=O)[O-])c(C)n1C(C)c1ccccc1. The van der Waals surface area contributed by atoms with E-state index in [4.69, 9.17) is 4.74 Å². The van der Waals surface area contributed by atoms with Crippen LogP contribution in [0.1, 0.15) is 40.3 Å². The van der Waals surface area contributed by atoms with Crippen molar-refractivity contribution in [1.82, 2.24) is 9.55 Å². The average molecular weight is 379 g/mol. The van der Waals surface area contributed by atoms with Gasteiger partial charge in [0.2, 0.25) is 11.5 Å². The zero-order valence-corrected chi connectivity index (χ0v) is 16.0. The van der Waals surface area contributed by atoms with Gasteiger partial charge in [-0.15, -0.1) is 0 Å². The van der Waals surface area contributed by atoms with E-state index < -0.39 is 10.7 Å². The van der Waals surface area contributed by atoms with Crippen molar-refractivity contribution in [3.05, 3.63) is 87.4 Å². The number of Topliss-reactive ketones (excluding diaryl/α,β-unsaturated/α-hetero) is 1. The second kappa shape index (κ2) is 8.04. The number of ether oxygens (including phenoxy) is 1. The molecule has 1 unspecified atom stereocenters. The van der Waals surface area contributed by atoms with Crippen molar-refractivity contribution in [2.24, 2.45) is 0 Å². The standard InChI is InChI=1S/C21H21N3O4/c1-14-12-18(16(3)23(14)15(2)17-8-5-4-6-9-17)19(25)13-28-20-10-7-11-22-21(20)24(26)27/h4-12,15H,13H2,1-3H3. The minimum Gasteiger partial charge on any atom is -0.477 e. The fourth-order valence-electron chi connectivity index (χ4n) is 3.39. The van der Waals surface area contributed by atoms with Crippen LogP contribution in [0, 0.1) is 24.0 Å². The number of nitro groups is 1. The van der Waals surface area contributed by atoms with Crippen molar-refractivity contribution in [2.75, 3.05) is 6.61 Å². The minimum absolute atomic E-state index is 0.0210. The predicted octanol–water partition coefficient (Wildman–Crippen LogP) is 4.28. The van der Waals surface area contributed by atoms with Gasteiger partial charge in [-0.05, 0) is 54.4 Å². The summed E-state index contributed by atoms with van der Waals surface area (Å²) in [7, 11) is 0. The topological polar surface area (TPSA) is 87.3 Å². The van der Waals surface area contributed by atoms with Crippen molar-refractivity contribution < 1.29 is 14.5 Å². The highest BCUT2D eigenvalue weighted by atomic mass is 16.6. The van der Waals surface area contributed by atoms with Gasteiger partial charge in [0.15, 0.2) is 6.61 Å². The molecule has 0 fully saturated rings. The molecule has 1 atom stereocenters. The zero-order valence-electron chi connectivity index (χ0n) is 16.0. The summed E-state index contributed by atoms with van der Waals surface area (Å²) in [6.07, 6.45) is 1.31. The van der Waals surface area contributed by atoms with Gasteiger partial charge in [-0.1, -0.05) is 30.3 Å². The van der Waals surface area contributed by atoms with Crippen LogP contribution in [0.15, 0.2) is 54.7 Å². The number of nitrogens with zero attached hydrogens (tertiary/aromatic N) is 3. The van der Waals surface area contributed by atoms with Crippen LogP contribution in [0.25, 0.3) is 0 Å². The van der Waals surface area contributed by atoms with Crippen molar-refractivity contribution >= 4 is 11.6 Å². The van der Waals surface area contributed by atoms with E-state index in [9.17, 15) is 14.9 Å². The van der Waals surface area contributed by atoms with E-state index in [0.29, 0.717) is 5.56 Å². The summed E-state index contributed by atoms with van der Waals surface area (Å²) in [5.74, 6) is -0.663. The first-order valence-corrected chi connectivity index (χ1v) is 8.89. The lowest BCUT2D eigenvalue weighted by Crippen LogP contribution is -2.15. The number of hydrogen-bond donors (Lipinski definition) is 0. The van der Waals surface area contributed by atoms with Crippen molar-refractivity contribution in [3.63, 3.8) is 0 Å². The summed E-state index contributed by atoms with van der Waals surface area (Å²) in [5, 5.41) is 11.0. The molecule has 3 rings (SSSR count). The van der Waals surface area contributed by atoms with Crippen LogP contribution in [-0.4, -0.2) is 26.9 Å². The summed E-state index contributed by atoms with van der Waals surface area (Å²) < 4.78 is 7.51. The molecule has 7 heteroatoms. The molecule has 0 aliphatic carbocycles. The number of aryl methyl sites for hydroxylation is 1. The molecule has 3 aromatic rings. The lowest BCUT2D eigenvalue weighted by molar-refractivity contribution is -0.390. The van der Waals surface area contributed by atoms with Crippen LogP contribution in [0.5, 0.6) is 5.75 Å². The van der Waals surface area contributed by atoms with Crippen LogP contribution >= 0.6 is 0 Å². The molecule has 0 N–H and O–H groups in total. The van der Waals surface area contributed by atoms with E-state index in [1.54, 1.807) is 0 Å². The molecular weight excluding hydrogens is 358 g/mol. The predicted molar refractivity (Wildman–Crippen MR) is 105 cm³/mol. The number of ketones is 1. The Morgan fingerprint density at radius 1 is 1.21 bits per heavy atom. The van der Waals surface area contributed by atoms with Gasteiger partial charge in [-0.2, -0.15) is 0 Å². The molecule has 0 radical (unpaired) electrons. The number of pyridine rings is 1. The molecule has 28 heavy (non-hydrogen) atoms. The third-order valence-electron chi connectivity index (χ3n) is 4.74. The van der Waals surface area contributed by atoms with E-state index in [2.05, 4.69) is 28.6 Å². The lowest BCUT2D eigenvalue weighted by Gasteiger charge is -2.19. The van der Waals surface area contributed by atoms with Crippen molar-refractivity contribution in [3.8, 4) is 5.75 Å². The van der Waals surface area contributed by atoms with E-state index in [1.807, 2.05) is 38.1 Å². The zero-order chi connectivity index (χ0) is 20.3. The van der Waals surface area contributed by atoms with Crippen molar-refractivity contribution in [2.45, 2.75) is 26.8 Å². The monoisotopic (exact) mass is 379 g/mol. The lowest BCUT2D eigenvalue weighted by atomic mass is 10.1. The maximum Gasteiger partial charge on any atom is 0.406 e. The summed E-state index contributed by atoms with van der Waals surface area (Å²) in [5.41, 5.74) is 3.49. The average Bonchev–Trinajstić information content (AvgIpc) is 3.00. The highest BCUT2D eigenvalue weighted by molar-refractivity contribution is 5.98. The summed E-state index contributed by atoms with van der Waals surface area (Å²) >= 11 is 0. The van der Waals surface area contributed by atoms with E-state index >= 15 is 0 Å². The van der Waals surface area contributed by atoms with Crippen LogP contribution in [0.2, 0.25) is 0 Å². The minimum atomic E-state index is -0.632. The van der Waals surface area contributed by atoms with E-state index in [-0.39, 0.29) is 24.2 Å². The van der Waals surface area contributed by atoms with Crippen LogP contribution in [0.3, 0.4) is 0 Å². The third-order valence-corrected chi connectivity index (χ3v) is 4.74. The third kappa shape index (κ3) is 3.78. The van der Waals surface area contributed by atoms with Crippen LogP contribution < -0.4 is 4.74 Å². The van der Waals surface area contributed by atoms with E-state index in [1.165, 1.54) is 18.3 Å². The molecule has 2 aromatic heterocycles. The second-order valence-electron chi connectivity index (χ2n) is 6.54. The molecule has 0 aliphatic rings. The second-order valence-corrected chi connectivity index (χ2v) is 6.54. The Hall–Kier alpha value is -3.48. The fraction of sp³-hybridized carbons (Fsp3) is 0.238. The number of carbonyl (C=O) groups is 1. The number of carbonyl (C=O) groups excluding carboxylic acids is 1. The van der Waals surface area contributed by atoms with Gasteiger partial charge < -0.3 is 19.4 Å². The number of hydrogen-bond acceptors (Lipinski definition) is 5. The van der Waals surface area contributed by atoms with Gasteiger partial charge in [0, 0.05) is 17.0 Å². The maximum absolute atomic E-state index is 12.7. The molecule has 7 nitrogen and oxygen atoms in total. The quantitative estimate of drug-likeness (QED) is 0.347. The van der Waals surface area contributed by atoms with Gasteiger partial charge in [-0.25, -0.2) is 0 Å². The Labute approximate surface area is 162 Å². The highest BCUT2D eigenvalue weighted by Crippen LogP contribution is 2.27.